The van der Waals surface area contributed by atoms with E-state index in [1.165, 1.54) is 0 Å². The van der Waals surface area contributed by atoms with Gasteiger partial charge in [-0.1, -0.05) is 47.5 Å². The molecular formula is C27H24Cl2N6S. The summed E-state index contributed by atoms with van der Waals surface area (Å²) in [6.07, 6.45) is 6.07. The first-order chi connectivity index (χ1) is 17.4. The summed E-state index contributed by atoms with van der Waals surface area (Å²) in [4.78, 5) is 10.6. The van der Waals surface area contributed by atoms with Crippen molar-refractivity contribution in [2.75, 3.05) is 11.9 Å². The number of nitriles is 1. The van der Waals surface area contributed by atoms with Gasteiger partial charge in [0, 0.05) is 60.4 Å². The van der Waals surface area contributed by atoms with Gasteiger partial charge in [0.25, 0.3) is 0 Å². The maximum absolute atomic E-state index is 9.03. The average Bonchev–Trinajstić information content (AvgIpc) is 3.32. The minimum absolute atomic E-state index is 0.453. The van der Waals surface area contributed by atoms with E-state index in [1.54, 1.807) is 6.20 Å². The van der Waals surface area contributed by atoms with Crippen LogP contribution in [0.2, 0.25) is 10.2 Å². The number of thiocarbonyl (C=S) groups is 1. The number of aromatic nitrogens is 3. The number of rotatable bonds is 8. The molecule has 4 rings (SSSR count). The molecule has 0 spiro atoms. The third-order valence-electron chi connectivity index (χ3n) is 5.78. The van der Waals surface area contributed by atoms with Crippen molar-refractivity contribution < 1.29 is 0 Å². The van der Waals surface area contributed by atoms with Crippen molar-refractivity contribution in [1.82, 2.24) is 19.4 Å². The smallest absolute Gasteiger partial charge is 0.173 e. The molecule has 6 nitrogen and oxygen atoms in total. The Morgan fingerprint density at radius 3 is 2.69 bits per heavy atom. The number of nitrogens with one attached hydrogen (secondary N) is 1. The highest BCUT2D eigenvalue weighted by Gasteiger charge is 2.15. The first kappa shape index (κ1) is 25.6. The lowest BCUT2D eigenvalue weighted by Crippen LogP contribution is -2.36. The Labute approximate surface area is 226 Å². The van der Waals surface area contributed by atoms with Gasteiger partial charge in [-0.05, 0) is 60.6 Å². The lowest BCUT2D eigenvalue weighted by Gasteiger charge is -2.26. The summed E-state index contributed by atoms with van der Waals surface area (Å²) in [5, 5.41) is 14.0. The molecule has 0 aliphatic rings. The SMILES string of the molecule is Cc1ccc(NC(=S)N(CCc2cncn2Cc2ccc(C#N)cc2)Cc2cccnc2Cl)cc1Cl. The van der Waals surface area contributed by atoms with Crippen LogP contribution in [-0.2, 0) is 19.5 Å². The molecule has 0 aliphatic heterocycles. The molecule has 0 aliphatic carbocycles. The molecule has 9 heteroatoms. The Bertz CT molecular complexity index is 1390. The molecule has 0 unspecified atom stereocenters. The second kappa shape index (κ2) is 12.0. The van der Waals surface area contributed by atoms with E-state index < -0.39 is 0 Å². The number of pyridine rings is 1. The number of halogens is 2. The maximum atomic E-state index is 9.03. The third kappa shape index (κ3) is 6.61. The second-order valence-electron chi connectivity index (χ2n) is 8.34. The van der Waals surface area contributed by atoms with Gasteiger partial charge in [-0.2, -0.15) is 5.26 Å². The Balaban J connectivity index is 1.50. The molecule has 182 valence electrons. The van der Waals surface area contributed by atoms with Crippen LogP contribution in [-0.4, -0.2) is 31.1 Å². The highest BCUT2D eigenvalue weighted by Crippen LogP contribution is 2.21. The minimum Gasteiger partial charge on any atom is -0.344 e. The number of imidazole rings is 1. The topological polar surface area (TPSA) is 69.8 Å². The molecule has 1 N–H and O–H groups in total. The summed E-state index contributed by atoms with van der Waals surface area (Å²) in [6.45, 7) is 3.76. The monoisotopic (exact) mass is 534 g/mol. The van der Waals surface area contributed by atoms with Crippen molar-refractivity contribution in [3.63, 3.8) is 0 Å². The van der Waals surface area contributed by atoms with Crippen molar-refractivity contribution in [1.29, 1.82) is 5.26 Å². The zero-order valence-corrected chi connectivity index (χ0v) is 22.0. The fourth-order valence-corrected chi connectivity index (χ4v) is 4.33. The molecule has 2 heterocycles. The van der Waals surface area contributed by atoms with Crippen LogP contribution >= 0.6 is 35.4 Å². The molecule has 0 saturated carbocycles. The predicted molar refractivity (Wildman–Crippen MR) is 148 cm³/mol. The quantitative estimate of drug-likeness (QED) is 0.212. The van der Waals surface area contributed by atoms with Gasteiger partial charge in [0.2, 0.25) is 0 Å². The Kier molecular flexibility index (Phi) is 8.55. The van der Waals surface area contributed by atoms with Crippen LogP contribution in [0, 0.1) is 18.3 Å². The number of benzene rings is 2. The summed E-state index contributed by atoms with van der Waals surface area (Å²) in [5.41, 5.74) is 5.52. The van der Waals surface area contributed by atoms with E-state index in [0.717, 1.165) is 28.1 Å². The van der Waals surface area contributed by atoms with Gasteiger partial charge in [-0.15, -0.1) is 0 Å². The van der Waals surface area contributed by atoms with E-state index in [1.807, 2.05) is 74.0 Å². The molecular weight excluding hydrogens is 511 g/mol. The van der Waals surface area contributed by atoms with E-state index in [2.05, 4.69) is 30.8 Å². The van der Waals surface area contributed by atoms with E-state index in [9.17, 15) is 0 Å². The summed E-state index contributed by atoms with van der Waals surface area (Å²) in [7, 11) is 0. The Morgan fingerprint density at radius 2 is 1.97 bits per heavy atom. The first-order valence-corrected chi connectivity index (χ1v) is 12.5. The zero-order valence-electron chi connectivity index (χ0n) is 19.7. The molecule has 4 aromatic rings. The summed E-state index contributed by atoms with van der Waals surface area (Å²) in [6, 6.07) is 19.3. The first-order valence-electron chi connectivity index (χ1n) is 11.3. The van der Waals surface area contributed by atoms with Crippen LogP contribution in [0.4, 0.5) is 5.69 Å². The van der Waals surface area contributed by atoms with Crippen molar-refractivity contribution in [2.45, 2.75) is 26.4 Å². The largest absolute Gasteiger partial charge is 0.344 e. The van der Waals surface area contributed by atoms with E-state index >= 15 is 0 Å². The van der Waals surface area contributed by atoms with Gasteiger partial charge >= 0.3 is 0 Å². The van der Waals surface area contributed by atoms with E-state index in [-0.39, 0.29) is 0 Å². The van der Waals surface area contributed by atoms with Crippen molar-refractivity contribution in [2.24, 2.45) is 0 Å². The fourth-order valence-electron chi connectivity index (χ4n) is 3.70. The van der Waals surface area contributed by atoms with Crippen molar-refractivity contribution in [3.05, 3.63) is 111 Å². The number of anilines is 1. The van der Waals surface area contributed by atoms with E-state index in [4.69, 9.17) is 40.7 Å². The number of aryl methyl sites for hydroxylation is 1. The number of hydrogen-bond donors (Lipinski definition) is 1. The second-order valence-corrected chi connectivity index (χ2v) is 9.49. The molecule has 2 aromatic heterocycles. The van der Waals surface area contributed by atoms with E-state index in [0.29, 0.717) is 46.9 Å². The van der Waals surface area contributed by atoms with Crippen LogP contribution in [0.1, 0.15) is 27.9 Å². The normalized spacial score (nSPS) is 10.6. The minimum atomic E-state index is 0.453. The van der Waals surface area contributed by atoms with Crippen LogP contribution < -0.4 is 5.32 Å². The standard InChI is InChI=1S/C27H24Cl2N6S/c1-19-4-9-23(13-25(19)28)33-27(36)34(17-22-3-2-11-32-26(22)29)12-10-24-15-31-18-35(24)16-21-7-5-20(14-30)6-8-21/h2-9,11,13,15,18H,10,12,16-17H2,1H3,(H,33,36). The van der Waals surface area contributed by atoms with Crippen LogP contribution in [0.5, 0.6) is 0 Å². The van der Waals surface area contributed by atoms with Gasteiger partial charge in [0.1, 0.15) is 5.15 Å². The molecule has 2 aromatic carbocycles. The fraction of sp³-hybridized carbons (Fsp3) is 0.185. The molecule has 0 atom stereocenters. The lowest BCUT2D eigenvalue weighted by molar-refractivity contribution is 0.418. The predicted octanol–water partition coefficient (Wildman–Crippen LogP) is 6.26. The molecule has 0 fully saturated rings. The Hall–Kier alpha value is -3.44. The maximum Gasteiger partial charge on any atom is 0.173 e. The van der Waals surface area contributed by atoms with Crippen LogP contribution in [0.3, 0.4) is 0 Å². The summed E-state index contributed by atoms with van der Waals surface area (Å²) < 4.78 is 2.10. The molecule has 0 saturated heterocycles. The number of nitrogens with zero attached hydrogens (tertiary/aromatic N) is 5. The van der Waals surface area contributed by atoms with Crippen LogP contribution in [0.25, 0.3) is 0 Å². The van der Waals surface area contributed by atoms with Gasteiger partial charge < -0.3 is 14.8 Å². The van der Waals surface area contributed by atoms with Crippen LogP contribution in [0.15, 0.2) is 73.3 Å². The molecule has 0 bridgehead atoms. The van der Waals surface area contributed by atoms with Gasteiger partial charge in [-0.25, -0.2) is 9.97 Å². The summed E-state index contributed by atoms with van der Waals surface area (Å²) >= 11 is 18.5. The van der Waals surface area contributed by atoms with Gasteiger partial charge in [-0.3, -0.25) is 0 Å². The number of hydrogen-bond acceptors (Lipinski definition) is 4. The summed E-state index contributed by atoms with van der Waals surface area (Å²) in [5.74, 6) is 0. The average molecular weight is 536 g/mol. The van der Waals surface area contributed by atoms with Crippen molar-refractivity contribution in [3.8, 4) is 6.07 Å². The molecule has 0 amide bonds. The highest BCUT2D eigenvalue weighted by atomic mass is 35.5. The lowest BCUT2D eigenvalue weighted by atomic mass is 10.1. The zero-order chi connectivity index (χ0) is 25.5. The van der Waals surface area contributed by atoms with Crippen molar-refractivity contribution >= 4 is 46.2 Å². The highest BCUT2D eigenvalue weighted by molar-refractivity contribution is 7.80. The van der Waals surface area contributed by atoms with Gasteiger partial charge in [0.15, 0.2) is 5.11 Å². The van der Waals surface area contributed by atoms with Gasteiger partial charge in [0.05, 0.1) is 18.0 Å². The molecule has 36 heavy (non-hydrogen) atoms. The third-order valence-corrected chi connectivity index (χ3v) is 6.89. The molecule has 0 radical (unpaired) electrons. The Morgan fingerprint density at radius 1 is 1.17 bits per heavy atom.